The minimum atomic E-state index is 0.143. The van der Waals surface area contributed by atoms with E-state index in [2.05, 4.69) is 74.1 Å². The van der Waals surface area contributed by atoms with Crippen molar-refractivity contribution in [2.45, 2.75) is 66.2 Å². The maximum Gasteiger partial charge on any atom is 0.0727 e. The minimum Gasteiger partial charge on any atom is -0.376 e. The summed E-state index contributed by atoms with van der Waals surface area (Å²) in [7, 11) is 0. The van der Waals surface area contributed by atoms with Crippen LogP contribution < -0.4 is 5.32 Å². The van der Waals surface area contributed by atoms with Gasteiger partial charge >= 0.3 is 0 Å². The second-order valence-electron chi connectivity index (χ2n) is 6.94. The van der Waals surface area contributed by atoms with E-state index in [9.17, 15) is 0 Å². The molecule has 0 amide bonds. The lowest BCUT2D eigenvalue weighted by Gasteiger charge is -2.21. The van der Waals surface area contributed by atoms with Gasteiger partial charge in [-0.1, -0.05) is 48.3 Å². The van der Waals surface area contributed by atoms with Gasteiger partial charge in [0.25, 0.3) is 0 Å². The number of hydrogen-bond acceptors (Lipinski definition) is 2. The fourth-order valence-electron chi connectivity index (χ4n) is 2.13. The van der Waals surface area contributed by atoms with Gasteiger partial charge < -0.3 is 10.1 Å². The molecule has 2 nitrogen and oxygen atoms in total. The van der Waals surface area contributed by atoms with E-state index in [0.717, 1.165) is 17.6 Å². The van der Waals surface area contributed by atoms with E-state index in [-0.39, 0.29) is 5.54 Å². The molecular weight excluding hydrogens is 326 g/mol. The standard InChI is InChI=1S/C18H30BrNO/c1-6-7-14(2)12-21-13-16-9-8-15(10-17(16)19)11-20-18(3,4)5/h8-10,14,20H,6-7,11-13H2,1-5H3. The number of ether oxygens (including phenoxy) is 1. The van der Waals surface area contributed by atoms with Crippen molar-refractivity contribution in [1.82, 2.24) is 5.32 Å². The Balaban J connectivity index is 2.47. The SMILES string of the molecule is CCCC(C)COCc1ccc(CNC(C)(C)C)cc1Br. The topological polar surface area (TPSA) is 21.3 Å². The van der Waals surface area contributed by atoms with Crippen LogP contribution in [0, 0.1) is 5.92 Å². The van der Waals surface area contributed by atoms with Crippen molar-refractivity contribution in [2.24, 2.45) is 5.92 Å². The van der Waals surface area contributed by atoms with E-state index >= 15 is 0 Å². The molecule has 1 unspecified atom stereocenters. The first-order valence-corrected chi connectivity index (χ1v) is 8.71. The van der Waals surface area contributed by atoms with Gasteiger partial charge in [0.1, 0.15) is 0 Å². The molecule has 1 atom stereocenters. The Morgan fingerprint density at radius 2 is 2.00 bits per heavy atom. The molecule has 1 rings (SSSR count). The molecule has 0 spiro atoms. The van der Waals surface area contributed by atoms with Gasteiger partial charge in [-0.25, -0.2) is 0 Å². The molecule has 120 valence electrons. The lowest BCUT2D eigenvalue weighted by molar-refractivity contribution is 0.0890. The van der Waals surface area contributed by atoms with Crippen LogP contribution in [0.25, 0.3) is 0 Å². The van der Waals surface area contributed by atoms with Crippen LogP contribution in [0.3, 0.4) is 0 Å². The molecule has 0 aromatic heterocycles. The predicted molar refractivity (Wildman–Crippen MR) is 94.5 cm³/mol. The number of halogens is 1. The highest BCUT2D eigenvalue weighted by atomic mass is 79.9. The van der Waals surface area contributed by atoms with E-state index in [1.165, 1.54) is 24.0 Å². The van der Waals surface area contributed by atoms with Crippen molar-refractivity contribution in [2.75, 3.05) is 6.61 Å². The third kappa shape index (κ3) is 7.98. The highest BCUT2D eigenvalue weighted by Crippen LogP contribution is 2.20. The summed E-state index contributed by atoms with van der Waals surface area (Å²) in [6.07, 6.45) is 2.46. The summed E-state index contributed by atoms with van der Waals surface area (Å²) in [5.74, 6) is 0.643. The third-order valence-electron chi connectivity index (χ3n) is 3.38. The van der Waals surface area contributed by atoms with E-state index in [1.54, 1.807) is 0 Å². The van der Waals surface area contributed by atoms with E-state index in [0.29, 0.717) is 12.5 Å². The zero-order chi connectivity index (χ0) is 15.9. The highest BCUT2D eigenvalue weighted by Gasteiger charge is 2.09. The molecule has 0 saturated heterocycles. The number of benzene rings is 1. The molecule has 1 aromatic rings. The molecule has 21 heavy (non-hydrogen) atoms. The van der Waals surface area contributed by atoms with Gasteiger partial charge in [0.2, 0.25) is 0 Å². The summed E-state index contributed by atoms with van der Waals surface area (Å²) in [6, 6.07) is 6.53. The third-order valence-corrected chi connectivity index (χ3v) is 4.12. The summed E-state index contributed by atoms with van der Waals surface area (Å²) < 4.78 is 6.96. The maximum atomic E-state index is 5.82. The highest BCUT2D eigenvalue weighted by molar-refractivity contribution is 9.10. The van der Waals surface area contributed by atoms with Crippen LogP contribution >= 0.6 is 15.9 Å². The van der Waals surface area contributed by atoms with Gasteiger partial charge in [0.05, 0.1) is 6.61 Å². The average molecular weight is 356 g/mol. The number of rotatable bonds is 8. The molecule has 0 aliphatic rings. The molecule has 0 radical (unpaired) electrons. The first-order valence-electron chi connectivity index (χ1n) is 7.92. The first kappa shape index (κ1) is 18.7. The van der Waals surface area contributed by atoms with Crippen LogP contribution in [-0.2, 0) is 17.9 Å². The lowest BCUT2D eigenvalue weighted by Crippen LogP contribution is -2.35. The monoisotopic (exact) mass is 355 g/mol. The fourth-order valence-corrected chi connectivity index (χ4v) is 2.67. The Labute approximate surface area is 138 Å². The molecular formula is C18H30BrNO. The number of nitrogens with one attached hydrogen (secondary N) is 1. The fraction of sp³-hybridized carbons (Fsp3) is 0.667. The molecule has 0 heterocycles. The smallest absolute Gasteiger partial charge is 0.0727 e. The maximum absolute atomic E-state index is 5.82. The van der Waals surface area contributed by atoms with Gasteiger partial charge in [-0.2, -0.15) is 0 Å². The van der Waals surface area contributed by atoms with Crippen LogP contribution in [0.5, 0.6) is 0 Å². The largest absolute Gasteiger partial charge is 0.376 e. The molecule has 1 N–H and O–H groups in total. The van der Waals surface area contributed by atoms with E-state index in [4.69, 9.17) is 4.74 Å². The van der Waals surface area contributed by atoms with E-state index < -0.39 is 0 Å². The van der Waals surface area contributed by atoms with Crippen molar-refractivity contribution in [3.63, 3.8) is 0 Å². The van der Waals surface area contributed by atoms with Crippen molar-refractivity contribution >= 4 is 15.9 Å². The van der Waals surface area contributed by atoms with Crippen molar-refractivity contribution < 1.29 is 4.74 Å². The second kappa shape index (κ2) is 8.92. The zero-order valence-electron chi connectivity index (χ0n) is 14.1. The van der Waals surface area contributed by atoms with Gasteiger partial charge in [0.15, 0.2) is 0 Å². The van der Waals surface area contributed by atoms with Crippen LogP contribution in [0.15, 0.2) is 22.7 Å². The molecule has 0 bridgehead atoms. The Morgan fingerprint density at radius 1 is 1.29 bits per heavy atom. The average Bonchev–Trinajstić information content (AvgIpc) is 2.38. The van der Waals surface area contributed by atoms with Crippen molar-refractivity contribution in [3.05, 3.63) is 33.8 Å². The van der Waals surface area contributed by atoms with Crippen LogP contribution in [0.2, 0.25) is 0 Å². The lowest BCUT2D eigenvalue weighted by atomic mass is 10.1. The Hall–Kier alpha value is -0.380. The summed E-state index contributed by atoms with van der Waals surface area (Å²) in [6.45, 7) is 13.4. The van der Waals surface area contributed by atoms with Crippen molar-refractivity contribution in [1.29, 1.82) is 0 Å². The summed E-state index contributed by atoms with van der Waals surface area (Å²) in [5, 5.41) is 3.50. The molecule has 0 aliphatic carbocycles. The van der Waals surface area contributed by atoms with Gasteiger partial charge in [0, 0.05) is 23.2 Å². The van der Waals surface area contributed by atoms with E-state index in [1.807, 2.05) is 0 Å². The Bertz CT molecular complexity index is 426. The van der Waals surface area contributed by atoms with Gasteiger partial charge in [-0.3, -0.25) is 0 Å². The number of hydrogen-bond donors (Lipinski definition) is 1. The quantitative estimate of drug-likeness (QED) is 0.683. The van der Waals surface area contributed by atoms with Crippen LogP contribution in [0.4, 0.5) is 0 Å². The molecule has 0 saturated carbocycles. The normalized spacial score (nSPS) is 13.4. The summed E-state index contributed by atoms with van der Waals surface area (Å²) in [4.78, 5) is 0. The summed E-state index contributed by atoms with van der Waals surface area (Å²) in [5.41, 5.74) is 2.65. The Morgan fingerprint density at radius 3 is 2.57 bits per heavy atom. The molecule has 3 heteroatoms. The van der Waals surface area contributed by atoms with Gasteiger partial charge in [-0.05, 0) is 50.3 Å². The molecule has 0 fully saturated rings. The summed E-state index contributed by atoms with van der Waals surface area (Å²) >= 11 is 3.66. The predicted octanol–water partition coefficient (Wildman–Crippen LogP) is 5.29. The zero-order valence-corrected chi connectivity index (χ0v) is 15.7. The molecule has 1 aromatic carbocycles. The minimum absolute atomic E-state index is 0.143. The van der Waals surface area contributed by atoms with Gasteiger partial charge in [-0.15, -0.1) is 0 Å². The molecule has 0 aliphatic heterocycles. The Kier molecular flexibility index (Phi) is 7.93. The second-order valence-corrected chi connectivity index (χ2v) is 7.79. The van der Waals surface area contributed by atoms with Crippen LogP contribution in [0.1, 0.15) is 58.6 Å². The first-order chi connectivity index (χ1) is 9.81. The van der Waals surface area contributed by atoms with Crippen LogP contribution in [-0.4, -0.2) is 12.1 Å². The van der Waals surface area contributed by atoms with Crippen molar-refractivity contribution in [3.8, 4) is 0 Å².